The molecule has 24 heavy (non-hydrogen) atoms. The minimum absolute atomic E-state index is 0.0857. The van der Waals surface area contributed by atoms with E-state index < -0.39 is 24.0 Å². The first-order chi connectivity index (χ1) is 11.4. The van der Waals surface area contributed by atoms with Crippen LogP contribution in [0.4, 0.5) is 18.9 Å². The maximum atomic E-state index is 12.6. The molecule has 1 unspecified atom stereocenters. The summed E-state index contributed by atoms with van der Waals surface area (Å²) in [5.74, 6) is -1.65. The van der Waals surface area contributed by atoms with Gasteiger partial charge in [0.15, 0.2) is 11.5 Å². The van der Waals surface area contributed by atoms with Crippen molar-refractivity contribution in [3.05, 3.63) is 18.2 Å². The molecule has 1 saturated heterocycles. The molecule has 2 amide bonds. The molecule has 0 aliphatic carbocycles. The Morgan fingerprint density at radius 2 is 1.88 bits per heavy atom. The number of nitrogens with zero attached hydrogens (tertiary/aromatic N) is 1. The molecule has 1 fully saturated rings. The van der Waals surface area contributed by atoms with Gasteiger partial charge < -0.3 is 19.7 Å². The molecule has 0 bridgehead atoms. The van der Waals surface area contributed by atoms with E-state index in [9.17, 15) is 22.8 Å². The van der Waals surface area contributed by atoms with Gasteiger partial charge in [-0.2, -0.15) is 13.2 Å². The third-order valence-corrected chi connectivity index (χ3v) is 3.87. The van der Waals surface area contributed by atoms with Crippen molar-refractivity contribution in [3.8, 4) is 11.5 Å². The number of fused-ring (bicyclic) bond motifs is 1. The standard InChI is InChI=1S/C15H15F3N2O4/c16-15(17,18)14(22)20-5-1-2-10(20)13(21)19-9-3-4-11-12(8-9)24-7-6-23-11/h3-4,8,10H,1-2,5-7H2,(H,19,21). The van der Waals surface area contributed by atoms with Crippen LogP contribution in [-0.2, 0) is 9.59 Å². The highest BCUT2D eigenvalue weighted by Gasteiger charge is 2.47. The van der Waals surface area contributed by atoms with Gasteiger partial charge in [-0.15, -0.1) is 0 Å². The SMILES string of the molecule is O=C(Nc1ccc2c(c1)OCCO2)C1CCCN1C(=O)C(F)(F)F. The molecular weight excluding hydrogens is 329 g/mol. The highest BCUT2D eigenvalue weighted by Crippen LogP contribution is 2.33. The van der Waals surface area contributed by atoms with Crippen LogP contribution in [0, 0.1) is 0 Å². The summed E-state index contributed by atoms with van der Waals surface area (Å²) in [7, 11) is 0. The molecule has 0 aromatic heterocycles. The molecule has 1 N–H and O–H groups in total. The molecule has 0 saturated carbocycles. The Bertz CT molecular complexity index is 663. The lowest BCUT2D eigenvalue weighted by atomic mass is 10.2. The number of likely N-dealkylation sites (tertiary alicyclic amines) is 1. The van der Waals surface area contributed by atoms with Gasteiger partial charge in [0, 0.05) is 18.3 Å². The van der Waals surface area contributed by atoms with Crippen molar-refractivity contribution < 1.29 is 32.2 Å². The molecule has 9 heteroatoms. The Kier molecular flexibility index (Phi) is 4.25. The Balaban J connectivity index is 1.71. The van der Waals surface area contributed by atoms with Gasteiger partial charge in [-0.25, -0.2) is 0 Å². The fourth-order valence-electron chi connectivity index (χ4n) is 2.79. The van der Waals surface area contributed by atoms with Crippen molar-refractivity contribution in [2.75, 3.05) is 25.1 Å². The molecule has 130 valence electrons. The van der Waals surface area contributed by atoms with Crippen molar-refractivity contribution in [1.29, 1.82) is 0 Å². The highest BCUT2D eigenvalue weighted by molar-refractivity contribution is 5.98. The molecule has 1 aromatic rings. The molecule has 6 nitrogen and oxygen atoms in total. The van der Waals surface area contributed by atoms with Crippen LogP contribution in [0.15, 0.2) is 18.2 Å². The zero-order valence-corrected chi connectivity index (χ0v) is 12.6. The van der Waals surface area contributed by atoms with Crippen molar-refractivity contribution >= 4 is 17.5 Å². The smallest absolute Gasteiger partial charge is 0.471 e. The predicted octanol–water partition coefficient (Wildman–Crippen LogP) is 1.95. The van der Waals surface area contributed by atoms with Gasteiger partial charge in [-0.3, -0.25) is 9.59 Å². The number of hydrogen-bond acceptors (Lipinski definition) is 4. The summed E-state index contributed by atoms with van der Waals surface area (Å²) < 4.78 is 48.5. The number of anilines is 1. The van der Waals surface area contributed by atoms with E-state index in [2.05, 4.69) is 5.32 Å². The minimum Gasteiger partial charge on any atom is -0.486 e. The van der Waals surface area contributed by atoms with Gasteiger partial charge in [0.25, 0.3) is 0 Å². The van der Waals surface area contributed by atoms with E-state index in [0.717, 1.165) is 0 Å². The summed E-state index contributed by atoms with van der Waals surface area (Å²) in [6.45, 7) is 0.716. The molecule has 1 atom stereocenters. The first-order valence-electron chi connectivity index (χ1n) is 7.44. The van der Waals surface area contributed by atoms with Crippen LogP contribution in [0.25, 0.3) is 0 Å². The molecule has 2 aliphatic rings. The van der Waals surface area contributed by atoms with E-state index in [1.54, 1.807) is 12.1 Å². The topological polar surface area (TPSA) is 67.9 Å². The van der Waals surface area contributed by atoms with Crippen LogP contribution in [0.1, 0.15) is 12.8 Å². The first kappa shape index (κ1) is 16.4. The van der Waals surface area contributed by atoms with Crippen LogP contribution in [0.5, 0.6) is 11.5 Å². The third kappa shape index (κ3) is 3.24. The highest BCUT2D eigenvalue weighted by atomic mass is 19.4. The third-order valence-electron chi connectivity index (χ3n) is 3.87. The largest absolute Gasteiger partial charge is 0.486 e. The molecule has 0 spiro atoms. The van der Waals surface area contributed by atoms with Crippen molar-refractivity contribution in [2.45, 2.75) is 25.1 Å². The van der Waals surface area contributed by atoms with E-state index >= 15 is 0 Å². The lowest BCUT2D eigenvalue weighted by Gasteiger charge is -2.25. The number of amides is 2. The van der Waals surface area contributed by atoms with Crippen LogP contribution in [0.2, 0.25) is 0 Å². The number of carbonyl (C=O) groups is 2. The number of nitrogens with one attached hydrogen (secondary N) is 1. The number of rotatable bonds is 2. The summed E-state index contributed by atoms with van der Waals surface area (Å²) in [5, 5.41) is 2.53. The second kappa shape index (κ2) is 6.21. The maximum absolute atomic E-state index is 12.6. The number of benzene rings is 1. The summed E-state index contributed by atoms with van der Waals surface area (Å²) in [4.78, 5) is 24.3. The minimum atomic E-state index is -4.99. The lowest BCUT2D eigenvalue weighted by molar-refractivity contribution is -0.186. The summed E-state index contributed by atoms with van der Waals surface area (Å²) >= 11 is 0. The quantitative estimate of drug-likeness (QED) is 0.890. The average molecular weight is 344 g/mol. The Morgan fingerprint density at radius 3 is 2.58 bits per heavy atom. The van der Waals surface area contributed by atoms with Crippen LogP contribution in [0.3, 0.4) is 0 Å². The van der Waals surface area contributed by atoms with E-state index in [1.807, 2.05) is 0 Å². The molecular formula is C15H15F3N2O4. The second-order valence-corrected chi connectivity index (χ2v) is 5.50. The Morgan fingerprint density at radius 1 is 1.17 bits per heavy atom. The van der Waals surface area contributed by atoms with Crippen molar-refractivity contribution in [1.82, 2.24) is 4.90 Å². The zero-order valence-electron chi connectivity index (χ0n) is 12.6. The van der Waals surface area contributed by atoms with Crippen molar-refractivity contribution in [2.24, 2.45) is 0 Å². The van der Waals surface area contributed by atoms with Gasteiger partial charge in [-0.1, -0.05) is 0 Å². The maximum Gasteiger partial charge on any atom is 0.471 e. The normalized spacial score (nSPS) is 20.0. The van der Waals surface area contributed by atoms with Crippen LogP contribution in [-0.4, -0.2) is 48.7 Å². The summed E-state index contributed by atoms with van der Waals surface area (Å²) in [6.07, 6.45) is -4.45. The van der Waals surface area contributed by atoms with Gasteiger partial charge in [0.2, 0.25) is 5.91 Å². The lowest BCUT2D eigenvalue weighted by Crippen LogP contribution is -2.48. The van der Waals surface area contributed by atoms with Crippen molar-refractivity contribution in [3.63, 3.8) is 0 Å². The van der Waals surface area contributed by atoms with Gasteiger partial charge >= 0.3 is 12.1 Å². The molecule has 0 radical (unpaired) electrons. The van der Waals surface area contributed by atoms with Crippen LogP contribution < -0.4 is 14.8 Å². The predicted molar refractivity (Wildman–Crippen MR) is 76.9 cm³/mol. The zero-order chi connectivity index (χ0) is 17.3. The van der Waals surface area contributed by atoms with Gasteiger partial charge in [0.1, 0.15) is 19.3 Å². The molecule has 3 rings (SSSR count). The van der Waals surface area contributed by atoms with E-state index in [-0.39, 0.29) is 13.0 Å². The van der Waals surface area contributed by atoms with E-state index in [0.29, 0.717) is 41.7 Å². The second-order valence-electron chi connectivity index (χ2n) is 5.50. The number of alkyl halides is 3. The average Bonchev–Trinajstić information content (AvgIpc) is 3.02. The Hall–Kier alpha value is -2.45. The molecule has 1 aromatic carbocycles. The number of carbonyl (C=O) groups excluding carboxylic acids is 2. The number of halogens is 3. The first-order valence-corrected chi connectivity index (χ1v) is 7.44. The molecule has 2 heterocycles. The fourth-order valence-corrected chi connectivity index (χ4v) is 2.79. The summed E-state index contributed by atoms with van der Waals surface area (Å²) in [5.41, 5.74) is 0.371. The van der Waals surface area contributed by atoms with Crippen LogP contribution >= 0.6 is 0 Å². The molecule has 2 aliphatic heterocycles. The van der Waals surface area contributed by atoms with E-state index in [4.69, 9.17) is 9.47 Å². The monoisotopic (exact) mass is 344 g/mol. The Labute approximate surface area is 135 Å². The fraction of sp³-hybridized carbons (Fsp3) is 0.467. The number of hydrogen-bond donors (Lipinski definition) is 1. The van der Waals surface area contributed by atoms with Gasteiger partial charge in [0.05, 0.1) is 0 Å². The van der Waals surface area contributed by atoms with Gasteiger partial charge in [-0.05, 0) is 25.0 Å². The summed E-state index contributed by atoms with van der Waals surface area (Å²) in [6, 6.07) is 3.58. The van der Waals surface area contributed by atoms with E-state index in [1.165, 1.54) is 6.07 Å². The number of ether oxygens (including phenoxy) is 2.